The van der Waals surface area contributed by atoms with Crippen molar-refractivity contribution in [2.45, 2.75) is 6.92 Å². The largest absolute Gasteiger partial charge is 0.478 e. The van der Waals surface area contributed by atoms with Gasteiger partial charge in [0.2, 0.25) is 0 Å². The molecule has 0 spiro atoms. The van der Waals surface area contributed by atoms with E-state index in [1.807, 2.05) is 13.0 Å². The lowest BCUT2D eigenvalue weighted by atomic mass is 10.0. The molecule has 3 heteroatoms. The summed E-state index contributed by atoms with van der Waals surface area (Å²) in [6.45, 7) is 1.91. The van der Waals surface area contributed by atoms with E-state index >= 15 is 0 Å². The Morgan fingerprint density at radius 1 is 1.33 bits per heavy atom. The molecule has 3 nitrogen and oxygen atoms in total. The van der Waals surface area contributed by atoms with E-state index in [9.17, 15) is 4.79 Å². The van der Waals surface area contributed by atoms with Gasteiger partial charge in [0.05, 0.1) is 11.8 Å². The monoisotopic (exact) mass is 202 g/mol. The highest BCUT2D eigenvalue weighted by molar-refractivity contribution is 5.95. The minimum absolute atomic E-state index is 0.260. The summed E-state index contributed by atoms with van der Waals surface area (Å²) in [5.41, 5.74) is 1.88. The number of carboxylic acid groups (broad SMARTS) is 1. The standard InChI is InChI=1S/C12H10O3/c1-8-4-5-9(12(13)14)10(7-8)11-3-2-6-15-11/h2-7H,1H3,(H,13,14). The van der Waals surface area contributed by atoms with Gasteiger partial charge in [-0.25, -0.2) is 4.79 Å². The van der Waals surface area contributed by atoms with Crippen molar-refractivity contribution >= 4 is 5.97 Å². The zero-order valence-corrected chi connectivity index (χ0v) is 8.23. The molecule has 1 aromatic heterocycles. The van der Waals surface area contributed by atoms with Gasteiger partial charge in [0, 0.05) is 5.56 Å². The molecule has 1 N–H and O–H groups in total. The van der Waals surface area contributed by atoms with Gasteiger partial charge in [-0.15, -0.1) is 0 Å². The lowest BCUT2D eigenvalue weighted by Crippen LogP contribution is -1.99. The van der Waals surface area contributed by atoms with Gasteiger partial charge in [-0.2, -0.15) is 0 Å². The van der Waals surface area contributed by atoms with Crippen LogP contribution in [0.2, 0.25) is 0 Å². The predicted molar refractivity (Wildman–Crippen MR) is 55.8 cm³/mol. The summed E-state index contributed by atoms with van der Waals surface area (Å²) >= 11 is 0. The normalized spacial score (nSPS) is 10.2. The molecule has 2 rings (SSSR count). The maximum Gasteiger partial charge on any atom is 0.336 e. The Balaban J connectivity index is 2.63. The number of benzene rings is 1. The molecule has 0 saturated heterocycles. The lowest BCUT2D eigenvalue weighted by molar-refractivity contribution is 0.0697. The Morgan fingerprint density at radius 2 is 2.13 bits per heavy atom. The van der Waals surface area contributed by atoms with Crippen molar-refractivity contribution in [2.75, 3.05) is 0 Å². The van der Waals surface area contributed by atoms with E-state index in [0.29, 0.717) is 11.3 Å². The molecule has 0 aliphatic rings. The molecule has 0 saturated carbocycles. The van der Waals surface area contributed by atoms with E-state index < -0.39 is 5.97 Å². The van der Waals surface area contributed by atoms with E-state index in [4.69, 9.17) is 9.52 Å². The molecule has 0 unspecified atom stereocenters. The third-order valence-corrected chi connectivity index (χ3v) is 2.19. The summed E-state index contributed by atoms with van der Waals surface area (Å²) in [4.78, 5) is 11.0. The Kier molecular flexibility index (Phi) is 2.29. The fourth-order valence-electron chi connectivity index (χ4n) is 1.48. The van der Waals surface area contributed by atoms with Gasteiger partial charge in [0.15, 0.2) is 0 Å². The van der Waals surface area contributed by atoms with E-state index in [2.05, 4.69) is 0 Å². The summed E-state index contributed by atoms with van der Waals surface area (Å²) in [7, 11) is 0. The number of carbonyl (C=O) groups is 1. The average Bonchev–Trinajstić information content (AvgIpc) is 2.69. The quantitative estimate of drug-likeness (QED) is 0.814. The Labute approximate surface area is 87.0 Å². The topological polar surface area (TPSA) is 50.4 Å². The highest BCUT2D eigenvalue weighted by atomic mass is 16.4. The summed E-state index contributed by atoms with van der Waals surface area (Å²) in [6, 6.07) is 8.66. The first-order valence-corrected chi connectivity index (χ1v) is 4.56. The Morgan fingerprint density at radius 3 is 2.73 bits per heavy atom. The van der Waals surface area contributed by atoms with Gasteiger partial charge in [-0.1, -0.05) is 11.6 Å². The lowest BCUT2D eigenvalue weighted by Gasteiger charge is -2.04. The zero-order chi connectivity index (χ0) is 10.8. The maximum absolute atomic E-state index is 11.0. The number of rotatable bonds is 2. The molecule has 2 aromatic rings. The predicted octanol–water partition coefficient (Wildman–Crippen LogP) is 2.95. The van der Waals surface area contributed by atoms with Crippen LogP contribution in [-0.4, -0.2) is 11.1 Å². The van der Waals surface area contributed by atoms with E-state index in [1.165, 1.54) is 6.26 Å². The summed E-state index contributed by atoms with van der Waals surface area (Å²) in [5.74, 6) is -0.363. The van der Waals surface area contributed by atoms with Gasteiger partial charge in [0.25, 0.3) is 0 Å². The van der Waals surface area contributed by atoms with Crippen LogP contribution < -0.4 is 0 Å². The molecule has 15 heavy (non-hydrogen) atoms. The minimum atomic E-state index is -0.943. The first kappa shape index (κ1) is 9.52. The van der Waals surface area contributed by atoms with Gasteiger partial charge < -0.3 is 9.52 Å². The average molecular weight is 202 g/mol. The van der Waals surface area contributed by atoms with Crippen LogP contribution in [0.5, 0.6) is 0 Å². The van der Waals surface area contributed by atoms with Crippen molar-refractivity contribution in [3.8, 4) is 11.3 Å². The highest BCUT2D eigenvalue weighted by Crippen LogP contribution is 2.25. The van der Waals surface area contributed by atoms with Gasteiger partial charge in [-0.05, 0) is 31.2 Å². The van der Waals surface area contributed by atoms with Crippen molar-refractivity contribution in [3.63, 3.8) is 0 Å². The van der Waals surface area contributed by atoms with Crippen LogP contribution in [0.4, 0.5) is 0 Å². The molecule has 1 heterocycles. The van der Waals surface area contributed by atoms with E-state index in [0.717, 1.165) is 5.56 Å². The van der Waals surface area contributed by atoms with Crippen molar-refractivity contribution < 1.29 is 14.3 Å². The van der Waals surface area contributed by atoms with Gasteiger partial charge >= 0.3 is 5.97 Å². The first-order valence-electron chi connectivity index (χ1n) is 4.56. The molecule has 1 aromatic carbocycles. The second kappa shape index (κ2) is 3.61. The second-order valence-corrected chi connectivity index (χ2v) is 3.33. The number of furan rings is 1. The van der Waals surface area contributed by atoms with E-state index in [-0.39, 0.29) is 5.56 Å². The number of aryl methyl sites for hydroxylation is 1. The van der Waals surface area contributed by atoms with Gasteiger partial charge in [-0.3, -0.25) is 0 Å². The number of hydrogen-bond donors (Lipinski definition) is 1. The van der Waals surface area contributed by atoms with Crippen molar-refractivity contribution in [2.24, 2.45) is 0 Å². The van der Waals surface area contributed by atoms with Crippen LogP contribution >= 0.6 is 0 Å². The van der Waals surface area contributed by atoms with Crippen molar-refractivity contribution in [1.29, 1.82) is 0 Å². The fraction of sp³-hybridized carbons (Fsp3) is 0.0833. The molecular weight excluding hydrogens is 192 g/mol. The number of carboxylic acids is 1. The van der Waals surface area contributed by atoms with Crippen LogP contribution in [0.3, 0.4) is 0 Å². The molecule has 0 atom stereocenters. The molecule has 0 amide bonds. The molecule has 76 valence electrons. The highest BCUT2D eigenvalue weighted by Gasteiger charge is 2.13. The third kappa shape index (κ3) is 1.76. The Bertz CT molecular complexity index is 484. The fourth-order valence-corrected chi connectivity index (χ4v) is 1.48. The first-order chi connectivity index (χ1) is 7.18. The zero-order valence-electron chi connectivity index (χ0n) is 8.23. The third-order valence-electron chi connectivity index (χ3n) is 2.19. The second-order valence-electron chi connectivity index (χ2n) is 3.33. The Hall–Kier alpha value is -2.03. The minimum Gasteiger partial charge on any atom is -0.478 e. The van der Waals surface area contributed by atoms with Crippen molar-refractivity contribution in [3.05, 3.63) is 47.7 Å². The van der Waals surface area contributed by atoms with Crippen LogP contribution in [0.1, 0.15) is 15.9 Å². The number of hydrogen-bond acceptors (Lipinski definition) is 2. The smallest absolute Gasteiger partial charge is 0.336 e. The molecule has 0 fully saturated rings. The molecule has 0 bridgehead atoms. The van der Waals surface area contributed by atoms with Crippen LogP contribution in [0, 0.1) is 6.92 Å². The summed E-state index contributed by atoms with van der Waals surface area (Å²) in [5, 5.41) is 9.01. The number of aromatic carboxylic acids is 1. The SMILES string of the molecule is Cc1ccc(C(=O)O)c(-c2ccco2)c1. The summed E-state index contributed by atoms with van der Waals surface area (Å²) < 4.78 is 5.20. The summed E-state index contributed by atoms with van der Waals surface area (Å²) in [6.07, 6.45) is 1.53. The molecule has 0 radical (unpaired) electrons. The molecular formula is C12H10O3. The van der Waals surface area contributed by atoms with Gasteiger partial charge in [0.1, 0.15) is 5.76 Å². The molecule has 0 aliphatic carbocycles. The van der Waals surface area contributed by atoms with E-state index in [1.54, 1.807) is 24.3 Å². The van der Waals surface area contributed by atoms with Crippen molar-refractivity contribution in [1.82, 2.24) is 0 Å². The van der Waals surface area contributed by atoms with Crippen LogP contribution in [-0.2, 0) is 0 Å². The molecule has 0 aliphatic heterocycles. The van der Waals surface area contributed by atoms with Crippen LogP contribution in [0.15, 0.2) is 41.0 Å². The maximum atomic E-state index is 11.0. The van der Waals surface area contributed by atoms with Crippen LogP contribution in [0.25, 0.3) is 11.3 Å².